The molecule has 8 heteroatoms. The van der Waals surface area contributed by atoms with Gasteiger partial charge in [0, 0.05) is 40.8 Å². The summed E-state index contributed by atoms with van der Waals surface area (Å²) in [4.78, 5) is 30.9. The molecule has 0 radical (unpaired) electrons. The van der Waals surface area contributed by atoms with Crippen molar-refractivity contribution >= 4 is 52.0 Å². The van der Waals surface area contributed by atoms with E-state index in [1.165, 1.54) is 16.2 Å². The van der Waals surface area contributed by atoms with Crippen molar-refractivity contribution in [3.05, 3.63) is 51.2 Å². The van der Waals surface area contributed by atoms with Crippen molar-refractivity contribution in [2.45, 2.75) is 38.9 Å². The minimum atomic E-state index is -0.765. The predicted molar refractivity (Wildman–Crippen MR) is 120 cm³/mol. The molecular formula is C21H25Cl2N3O2S. The van der Waals surface area contributed by atoms with Crippen LogP contribution in [0.2, 0.25) is 5.02 Å². The maximum Gasteiger partial charge on any atom is 0.251 e. The Labute approximate surface area is 185 Å². The molecule has 2 amide bonds. The Bertz CT molecular complexity index is 865. The Morgan fingerprint density at radius 2 is 1.97 bits per heavy atom. The van der Waals surface area contributed by atoms with Gasteiger partial charge in [-0.2, -0.15) is 0 Å². The van der Waals surface area contributed by atoms with Gasteiger partial charge in [-0.25, -0.2) is 0 Å². The summed E-state index contributed by atoms with van der Waals surface area (Å²) in [7, 11) is 0. The monoisotopic (exact) mass is 453 g/mol. The molecule has 1 N–H and O–H groups in total. The van der Waals surface area contributed by atoms with Crippen LogP contribution in [0.4, 0.5) is 5.69 Å². The Kier molecular flexibility index (Phi) is 7.22. The molecule has 1 aromatic carbocycles. The SMILES string of the molecule is Cc1cc(Cl)ccc1N(C(=O)CCl)[C@H](C(=O)N1C[C@@H](C)N[C@@H](C)C1)c1cccs1. The number of nitrogens with zero attached hydrogens (tertiary/aromatic N) is 2. The molecular weight excluding hydrogens is 429 g/mol. The largest absolute Gasteiger partial charge is 0.337 e. The van der Waals surface area contributed by atoms with Crippen molar-refractivity contribution < 1.29 is 9.59 Å². The topological polar surface area (TPSA) is 52.7 Å². The number of nitrogens with one attached hydrogen (secondary N) is 1. The smallest absolute Gasteiger partial charge is 0.251 e. The summed E-state index contributed by atoms with van der Waals surface area (Å²) in [5.41, 5.74) is 1.45. The highest BCUT2D eigenvalue weighted by Crippen LogP contribution is 2.35. The lowest BCUT2D eigenvalue weighted by atomic mass is 10.1. The van der Waals surface area contributed by atoms with Gasteiger partial charge < -0.3 is 10.2 Å². The lowest BCUT2D eigenvalue weighted by Gasteiger charge is -2.40. The molecule has 1 aromatic heterocycles. The van der Waals surface area contributed by atoms with E-state index in [1.807, 2.05) is 29.3 Å². The number of alkyl halides is 1. The van der Waals surface area contributed by atoms with E-state index in [4.69, 9.17) is 23.2 Å². The molecule has 0 saturated carbocycles. The van der Waals surface area contributed by atoms with Crippen LogP contribution in [0, 0.1) is 6.92 Å². The fourth-order valence-corrected chi connectivity index (χ4v) is 5.02. The van der Waals surface area contributed by atoms with Crippen LogP contribution in [-0.2, 0) is 9.59 Å². The Balaban J connectivity index is 2.08. The molecule has 3 atom stereocenters. The lowest BCUT2D eigenvalue weighted by molar-refractivity contribution is -0.136. The number of amides is 2. The molecule has 0 unspecified atom stereocenters. The van der Waals surface area contributed by atoms with Crippen molar-refractivity contribution in [3.63, 3.8) is 0 Å². The van der Waals surface area contributed by atoms with Crippen molar-refractivity contribution in [1.29, 1.82) is 0 Å². The van der Waals surface area contributed by atoms with Crippen molar-refractivity contribution in [3.8, 4) is 0 Å². The van der Waals surface area contributed by atoms with Crippen LogP contribution in [0.1, 0.15) is 30.3 Å². The molecule has 1 fully saturated rings. The van der Waals surface area contributed by atoms with Crippen LogP contribution < -0.4 is 10.2 Å². The highest BCUT2D eigenvalue weighted by molar-refractivity contribution is 7.10. The van der Waals surface area contributed by atoms with Crippen LogP contribution in [0.15, 0.2) is 35.7 Å². The van der Waals surface area contributed by atoms with E-state index >= 15 is 0 Å². The molecule has 5 nitrogen and oxygen atoms in total. The van der Waals surface area contributed by atoms with E-state index in [9.17, 15) is 9.59 Å². The summed E-state index contributed by atoms with van der Waals surface area (Å²) in [5.74, 6) is -0.633. The summed E-state index contributed by atoms with van der Waals surface area (Å²) < 4.78 is 0. The van der Waals surface area contributed by atoms with Gasteiger partial charge in [0.2, 0.25) is 5.91 Å². The average molecular weight is 454 g/mol. The van der Waals surface area contributed by atoms with Gasteiger partial charge in [-0.15, -0.1) is 22.9 Å². The third-order valence-corrected chi connectivity index (χ3v) is 6.36. The maximum atomic E-state index is 13.7. The Morgan fingerprint density at radius 1 is 1.28 bits per heavy atom. The number of hydrogen-bond donors (Lipinski definition) is 1. The van der Waals surface area contributed by atoms with Crippen LogP contribution in [0.25, 0.3) is 0 Å². The zero-order chi connectivity index (χ0) is 21.1. The number of carbonyl (C=O) groups excluding carboxylic acids is 2. The summed E-state index contributed by atoms with van der Waals surface area (Å²) in [6.45, 7) is 7.17. The van der Waals surface area contributed by atoms with Gasteiger partial charge in [-0.05, 0) is 56.0 Å². The first-order chi connectivity index (χ1) is 13.8. The number of benzene rings is 1. The van der Waals surface area contributed by atoms with Gasteiger partial charge in [0.05, 0.1) is 0 Å². The molecule has 0 spiro atoms. The quantitative estimate of drug-likeness (QED) is 0.688. The van der Waals surface area contributed by atoms with Gasteiger partial charge in [-0.1, -0.05) is 17.7 Å². The summed E-state index contributed by atoms with van der Waals surface area (Å²) in [6, 6.07) is 8.67. The van der Waals surface area contributed by atoms with Gasteiger partial charge in [0.25, 0.3) is 5.91 Å². The lowest BCUT2D eigenvalue weighted by Crippen LogP contribution is -2.58. The van der Waals surface area contributed by atoms with Crippen LogP contribution >= 0.6 is 34.5 Å². The Morgan fingerprint density at radius 3 is 2.52 bits per heavy atom. The summed E-state index contributed by atoms with van der Waals surface area (Å²) in [5, 5.41) is 5.93. The van der Waals surface area contributed by atoms with Crippen molar-refractivity contribution in [1.82, 2.24) is 10.2 Å². The van der Waals surface area contributed by atoms with Gasteiger partial charge in [0.1, 0.15) is 11.9 Å². The zero-order valence-corrected chi connectivity index (χ0v) is 19.0. The molecule has 0 bridgehead atoms. The molecule has 1 aliphatic heterocycles. The highest BCUT2D eigenvalue weighted by Gasteiger charge is 2.38. The minimum Gasteiger partial charge on any atom is -0.337 e. The maximum absolute atomic E-state index is 13.7. The minimum absolute atomic E-state index is 0.0968. The Hall–Kier alpha value is -1.60. The van der Waals surface area contributed by atoms with Crippen molar-refractivity contribution in [2.24, 2.45) is 0 Å². The number of hydrogen-bond acceptors (Lipinski definition) is 4. The van der Waals surface area contributed by atoms with E-state index in [1.54, 1.807) is 18.2 Å². The second kappa shape index (κ2) is 9.47. The predicted octanol–water partition coefficient (Wildman–Crippen LogP) is 4.23. The number of anilines is 1. The van der Waals surface area contributed by atoms with Gasteiger partial charge in [0.15, 0.2) is 0 Å². The number of piperazine rings is 1. The average Bonchev–Trinajstić information content (AvgIpc) is 3.19. The van der Waals surface area contributed by atoms with E-state index < -0.39 is 6.04 Å². The van der Waals surface area contributed by atoms with Gasteiger partial charge in [-0.3, -0.25) is 14.5 Å². The first-order valence-electron chi connectivity index (χ1n) is 9.54. The molecule has 3 rings (SSSR count). The number of halogens is 2. The molecule has 1 aliphatic rings. The van der Waals surface area contributed by atoms with Crippen LogP contribution in [0.3, 0.4) is 0 Å². The number of carbonyl (C=O) groups is 2. The highest BCUT2D eigenvalue weighted by atomic mass is 35.5. The standard InChI is InChI=1S/C21H25Cl2N3O2S/c1-13-9-16(23)6-7-17(13)26(19(27)10-22)20(18-5-4-8-29-18)21(28)25-11-14(2)24-15(3)12-25/h4-9,14-15,20,24H,10-12H2,1-3H3/t14-,15+,20-/m0/s1. The third-order valence-electron chi connectivity index (χ3n) is 4.98. The molecule has 29 heavy (non-hydrogen) atoms. The van der Waals surface area contributed by atoms with E-state index in [-0.39, 0.29) is 29.8 Å². The third kappa shape index (κ3) is 4.94. The van der Waals surface area contributed by atoms with Crippen LogP contribution in [-0.4, -0.2) is 47.8 Å². The van der Waals surface area contributed by atoms with Crippen molar-refractivity contribution in [2.75, 3.05) is 23.9 Å². The summed E-state index contributed by atoms with van der Waals surface area (Å²) >= 11 is 13.6. The van der Waals surface area contributed by atoms with E-state index in [0.717, 1.165) is 10.4 Å². The van der Waals surface area contributed by atoms with Crippen LogP contribution in [0.5, 0.6) is 0 Å². The van der Waals surface area contributed by atoms with E-state index in [2.05, 4.69) is 19.2 Å². The second-order valence-corrected chi connectivity index (χ2v) is 9.14. The normalized spacial score (nSPS) is 20.4. The summed E-state index contributed by atoms with van der Waals surface area (Å²) in [6.07, 6.45) is 0. The fourth-order valence-electron chi connectivity index (χ4n) is 3.86. The number of aryl methyl sites for hydroxylation is 1. The molecule has 2 heterocycles. The molecule has 1 saturated heterocycles. The van der Waals surface area contributed by atoms with Gasteiger partial charge >= 0.3 is 0 Å². The first-order valence-corrected chi connectivity index (χ1v) is 11.3. The molecule has 156 valence electrons. The fraction of sp³-hybridized carbons (Fsp3) is 0.429. The zero-order valence-electron chi connectivity index (χ0n) is 16.7. The van der Waals surface area contributed by atoms with E-state index in [0.29, 0.717) is 23.8 Å². The first kappa shape index (κ1) is 22.1. The molecule has 2 aromatic rings. The molecule has 0 aliphatic carbocycles. The number of thiophene rings is 1. The second-order valence-electron chi connectivity index (χ2n) is 7.46. The number of rotatable bonds is 5.